The van der Waals surface area contributed by atoms with E-state index in [-0.39, 0.29) is 29.0 Å². The molecule has 0 amide bonds. The van der Waals surface area contributed by atoms with Gasteiger partial charge in [0.05, 0.1) is 10.0 Å². The summed E-state index contributed by atoms with van der Waals surface area (Å²) < 4.78 is 37.2. The Kier molecular flexibility index (Phi) is 7.27. The topological polar surface area (TPSA) is 91.4 Å². The molecule has 0 saturated carbocycles. The third-order valence-electron chi connectivity index (χ3n) is 3.93. The van der Waals surface area contributed by atoms with Crippen molar-refractivity contribution in [3.63, 3.8) is 0 Å². The highest BCUT2D eigenvalue weighted by Gasteiger charge is 2.38. The van der Waals surface area contributed by atoms with Crippen LogP contribution in [0.5, 0.6) is 0 Å². The zero-order chi connectivity index (χ0) is 21.1. The molecule has 28 heavy (non-hydrogen) atoms. The second kappa shape index (κ2) is 9.08. The molecule has 0 radical (unpaired) electrons. The molecular weight excluding hydrogens is 420 g/mol. The van der Waals surface area contributed by atoms with Gasteiger partial charge in [0.2, 0.25) is 5.95 Å². The fraction of sp³-hybridized carbons (Fsp3) is 0.438. The second-order valence-electron chi connectivity index (χ2n) is 6.19. The van der Waals surface area contributed by atoms with Crippen LogP contribution in [0.25, 0.3) is 11.3 Å². The van der Waals surface area contributed by atoms with Crippen LogP contribution in [0.1, 0.15) is 0 Å². The molecule has 12 heteroatoms. The van der Waals surface area contributed by atoms with Gasteiger partial charge in [-0.2, -0.15) is 18.2 Å². The maximum absolute atomic E-state index is 12.4. The number of rotatable bonds is 7. The van der Waals surface area contributed by atoms with Crippen LogP contribution in [0.3, 0.4) is 0 Å². The van der Waals surface area contributed by atoms with Gasteiger partial charge in [0.25, 0.3) is 0 Å². The number of aliphatic hydroxyl groups is 1. The van der Waals surface area contributed by atoms with E-state index in [2.05, 4.69) is 15.2 Å². The van der Waals surface area contributed by atoms with Crippen molar-refractivity contribution < 1.29 is 18.3 Å². The van der Waals surface area contributed by atoms with E-state index in [1.165, 1.54) is 11.9 Å². The predicted octanol–water partition coefficient (Wildman–Crippen LogP) is 2.72. The minimum Gasteiger partial charge on any atom is -0.382 e. The molecule has 154 valence electrons. The molecule has 1 atom stereocenters. The Morgan fingerprint density at radius 1 is 1.18 bits per heavy atom. The van der Waals surface area contributed by atoms with Crippen molar-refractivity contribution in [2.45, 2.75) is 12.3 Å². The highest BCUT2D eigenvalue weighted by molar-refractivity contribution is 6.43. The maximum Gasteiger partial charge on any atom is 0.415 e. The van der Waals surface area contributed by atoms with Crippen molar-refractivity contribution in [2.24, 2.45) is 0 Å². The lowest BCUT2D eigenvalue weighted by Gasteiger charge is -2.24. The van der Waals surface area contributed by atoms with Crippen LogP contribution in [-0.4, -0.2) is 71.2 Å². The third kappa shape index (κ3) is 5.57. The van der Waals surface area contributed by atoms with E-state index < -0.39 is 18.8 Å². The van der Waals surface area contributed by atoms with E-state index in [0.717, 1.165) is 0 Å². The zero-order valence-corrected chi connectivity index (χ0v) is 16.6. The summed E-state index contributed by atoms with van der Waals surface area (Å²) in [7, 11) is 3.12. The van der Waals surface area contributed by atoms with Crippen molar-refractivity contribution >= 4 is 35.0 Å². The van der Waals surface area contributed by atoms with Crippen LogP contribution in [0, 0.1) is 0 Å². The molecule has 0 fully saturated rings. The zero-order valence-electron chi connectivity index (χ0n) is 15.1. The van der Waals surface area contributed by atoms with Crippen molar-refractivity contribution in [3.05, 3.63) is 28.2 Å². The summed E-state index contributed by atoms with van der Waals surface area (Å²) >= 11 is 12.2. The smallest absolute Gasteiger partial charge is 0.382 e. The van der Waals surface area contributed by atoms with Crippen LogP contribution in [0.15, 0.2) is 18.2 Å². The molecule has 0 spiro atoms. The monoisotopic (exact) mass is 438 g/mol. The Balaban J connectivity index is 2.04. The number of nitrogens with two attached hydrogens (primary N) is 1. The van der Waals surface area contributed by atoms with Gasteiger partial charge in [-0.15, -0.1) is 10.2 Å². The summed E-state index contributed by atoms with van der Waals surface area (Å²) in [6.07, 6.45) is -7.06. The number of hydrogen-bond donors (Lipinski definition) is 2. The predicted molar refractivity (Wildman–Crippen MR) is 103 cm³/mol. The minimum absolute atomic E-state index is 0.0851. The molecule has 0 unspecified atom stereocenters. The molecule has 7 nitrogen and oxygen atoms in total. The molecule has 0 aliphatic carbocycles. The molecule has 0 aliphatic rings. The van der Waals surface area contributed by atoms with Crippen LogP contribution in [0.4, 0.5) is 24.9 Å². The lowest BCUT2D eigenvalue weighted by Crippen LogP contribution is -2.41. The second-order valence-corrected chi connectivity index (χ2v) is 6.97. The molecule has 0 bridgehead atoms. The van der Waals surface area contributed by atoms with Gasteiger partial charge in [0.1, 0.15) is 5.69 Å². The Bertz CT molecular complexity index is 823. The Morgan fingerprint density at radius 2 is 1.86 bits per heavy atom. The van der Waals surface area contributed by atoms with Gasteiger partial charge in [0, 0.05) is 32.2 Å². The normalized spacial score (nSPS) is 13.0. The number of likely N-dealkylation sites (N-methyl/N-ethyl adjacent to an activating group) is 2. The third-order valence-corrected chi connectivity index (χ3v) is 4.75. The number of halogens is 5. The minimum atomic E-state index is -4.65. The van der Waals surface area contributed by atoms with Crippen molar-refractivity contribution in [1.82, 2.24) is 20.1 Å². The highest BCUT2D eigenvalue weighted by Crippen LogP contribution is 2.34. The molecule has 2 aromatic rings. The number of aliphatic hydroxyl groups excluding tert-OH is 1. The average Bonchev–Trinajstić information content (AvgIpc) is 2.61. The Morgan fingerprint density at radius 3 is 2.46 bits per heavy atom. The molecule has 0 saturated heterocycles. The highest BCUT2D eigenvalue weighted by atomic mass is 35.5. The first-order valence-corrected chi connectivity index (χ1v) is 8.85. The average molecular weight is 439 g/mol. The first-order valence-electron chi connectivity index (χ1n) is 8.09. The molecule has 1 aromatic carbocycles. The van der Waals surface area contributed by atoms with Gasteiger partial charge in [-0.05, 0) is 13.1 Å². The summed E-state index contributed by atoms with van der Waals surface area (Å²) in [6, 6.07) is 5.00. The van der Waals surface area contributed by atoms with Crippen LogP contribution in [0.2, 0.25) is 10.0 Å². The van der Waals surface area contributed by atoms with E-state index >= 15 is 0 Å². The number of alkyl halides is 3. The lowest BCUT2D eigenvalue weighted by molar-refractivity contribution is -0.207. The summed E-state index contributed by atoms with van der Waals surface area (Å²) in [4.78, 5) is 7.12. The fourth-order valence-electron chi connectivity index (χ4n) is 2.28. The lowest BCUT2D eigenvalue weighted by atomic mass is 10.1. The van der Waals surface area contributed by atoms with Crippen LogP contribution >= 0.6 is 23.2 Å². The van der Waals surface area contributed by atoms with Gasteiger partial charge >= 0.3 is 6.18 Å². The molecule has 1 aromatic heterocycles. The van der Waals surface area contributed by atoms with Gasteiger partial charge in [0.15, 0.2) is 11.9 Å². The summed E-state index contributed by atoms with van der Waals surface area (Å²) in [6.45, 7) is -0.0148. The number of anilines is 2. The van der Waals surface area contributed by atoms with Gasteiger partial charge < -0.3 is 20.6 Å². The van der Waals surface area contributed by atoms with E-state index in [4.69, 9.17) is 34.0 Å². The van der Waals surface area contributed by atoms with Gasteiger partial charge in [-0.3, -0.25) is 0 Å². The molecule has 0 aliphatic heterocycles. The van der Waals surface area contributed by atoms with Crippen molar-refractivity contribution in [3.8, 4) is 11.3 Å². The van der Waals surface area contributed by atoms with E-state index in [0.29, 0.717) is 17.1 Å². The quantitative estimate of drug-likeness (QED) is 0.686. The maximum atomic E-state index is 12.4. The van der Waals surface area contributed by atoms with Crippen molar-refractivity contribution in [1.29, 1.82) is 0 Å². The van der Waals surface area contributed by atoms with Crippen LogP contribution in [-0.2, 0) is 0 Å². The molecule has 3 N–H and O–H groups in total. The largest absolute Gasteiger partial charge is 0.415 e. The summed E-state index contributed by atoms with van der Waals surface area (Å²) in [5.74, 6) is 0.283. The summed E-state index contributed by atoms with van der Waals surface area (Å²) in [5, 5.41) is 17.8. The number of aromatic nitrogens is 3. The summed E-state index contributed by atoms with van der Waals surface area (Å²) in [5.41, 5.74) is 6.73. The first-order chi connectivity index (χ1) is 13.0. The van der Waals surface area contributed by atoms with E-state index in [9.17, 15) is 13.2 Å². The Hall–Kier alpha value is -1.88. The number of nitrogens with zero attached hydrogens (tertiary/aromatic N) is 5. The van der Waals surface area contributed by atoms with Crippen LogP contribution < -0.4 is 10.6 Å². The molecule has 2 rings (SSSR count). The van der Waals surface area contributed by atoms with Gasteiger partial charge in [-0.25, -0.2) is 0 Å². The number of nitrogen functional groups attached to an aromatic ring is 1. The van der Waals surface area contributed by atoms with E-state index in [1.807, 2.05) is 0 Å². The molecular formula is C16H19Cl2F3N6O. The van der Waals surface area contributed by atoms with Gasteiger partial charge in [-0.1, -0.05) is 35.3 Å². The Labute approximate surface area is 169 Å². The first kappa shape index (κ1) is 22.4. The number of hydrogen-bond acceptors (Lipinski definition) is 7. The number of benzene rings is 1. The molecule has 1 heterocycles. The van der Waals surface area contributed by atoms with Crippen molar-refractivity contribution in [2.75, 3.05) is 44.4 Å². The standard InChI is InChI=1S/C16H19Cl2F3N6O/c1-26(8-11(28)16(19,20)21)6-7-27(2)15-23-14(22)13(24-25-15)9-4-3-5-10(17)12(9)18/h3-5,11,28H,6-8H2,1-2H3,(H2,22,23,25)/t11-/m0/s1. The fourth-order valence-corrected chi connectivity index (χ4v) is 2.67. The van der Waals surface area contributed by atoms with E-state index in [1.54, 1.807) is 30.1 Å². The SMILES string of the molecule is CN(CCN(C)c1nnc(-c2cccc(Cl)c2Cl)c(N)n1)C[C@H](O)C(F)(F)F.